The molecule has 0 aromatic carbocycles. The van der Waals surface area contributed by atoms with Crippen LogP contribution >= 0.6 is 12.6 Å². The fourth-order valence-corrected chi connectivity index (χ4v) is 1.08. The molecule has 0 rings (SSSR count). The Morgan fingerprint density at radius 1 is 1.50 bits per heavy atom. The number of hydrogen-bond donors (Lipinski definition) is 2. The maximum absolute atomic E-state index is 12.5. The van der Waals surface area contributed by atoms with Crippen molar-refractivity contribution in [2.24, 2.45) is 16.6 Å². The first-order chi connectivity index (χ1) is 6.32. The summed E-state index contributed by atoms with van der Waals surface area (Å²) in [5.41, 5.74) is 5.13. The Bertz CT molecular complexity index is 203. The normalized spacial score (nSPS) is 18.1. The zero-order valence-electron chi connectivity index (χ0n) is 8.17. The van der Waals surface area contributed by atoms with E-state index < -0.39 is 18.1 Å². The molecular weight excluding hydrogens is 213 g/mol. The van der Waals surface area contributed by atoms with Gasteiger partial charge < -0.3 is 5.73 Å². The van der Waals surface area contributed by atoms with E-state index >= 15 is 0 Å². The van der Waals surface area contributed by atoms with Crippen molar-refractivity contribution in [1.82, 2.24) is 0 Å². The lowest BCUT2D eigenvalue weighted by Gasteiger charge is -2.22. The van der Waals surface area contributed by atoms with E-state index in [1.807, 2.05) is 0 Å². The van der Waals surface area contributed by atoms with E-state index in [4.69, 9.17) is 5.73 Å². The van der Waals surface area contributed by atoms with Crippen molar-refractivity contribution in [2.75, 3.05) is 6.54 Å². The van der Waals surface area contributed by atoms with Gasteiger partial charge >= 0.3 is 6.18 Å². The molecule has 0 amide bonds. The number of rotatable bonds is 4. The topological polar surface area (TPSA) is 38.4 Å². The Labute approximate surface area is 87.2 Å². The number of alkyl halides is 3. The minimum Gasteiger partial charge on any atom is -0.325 e. The van der Waals surface area contributed by atoms with Crippen molar-refractivity contribution in [1.29, 1.82) is 0 Å². The van der Waals surface area contributed by atoms with Crippen LogP contribution in [-0.2, 0) is 0 Å². The van der Waals surface area contributed by atoms with E-state index in [9.17, 15) is 13.2 Å². The first kappa shape index (κ1) is 13.8. The third-order valence-electron chi connectivity index (χ3n) is 1.99. The van der Waals surface area contributed by atoms with Gasteiger partial charge in [-0.25, -0.2) is 0 Å². The van der Waals surface area contributed by atoms with Crippen LogP contribution < -0.4 is 5.73 Å². The summed E-state index contributed by atoms with van der Waals surface area (Å²) in [6, 6.07) is -1.69. The lowest BCUT2D eigenvalue weighted by atomic mass is 9.99. The number of halogens is 3. The predicted octanol–water partition coefficient (Wildman–Crippen LogP) is 2.25. The molecule has 0 aliphatic heterocycles. The maximum atomic E-state index is 12.5. The van der Waals surface area contributed by atoms with Crippen molar-refractivity contribution in [3.63, 3.8) is 0 Å². The maximum Gasteiger partial charge on any atom is 0.411 e. The molecule has 0 spiro atoms. The molecule has 84 valence electrons. The second-order valence-corrected chi connectivity index (χ2v) is 3.64. The number of nitrogens with two attached hydrogens (primary N) is 1. The Kier molecular flexibility index (Phi) is 5.51. The van der Waals surface area contributed by atoms with Gasteiger partial charge in [0.2, 0.25) is 0 Å². The van der Waals surface area contributed by atoms with Gasteiger partial charge in [-0.2, -0.15) is 13.2 Å². The summed E-state index contributed by atoms with van der Waals surface area (Å²) in [5.74, 6) is -0.552. The summed E-state index contributed by atoms with van der Waals surface area (Å²) in [7, 11) is 0. The summed E-state index contributed by atoms with van der Waals surface area (Å²) in [5, 5.41) is 0.0348. The van der Waals surface area contributed by atoms with Crippen LogP contribution in [0.5, 0.6) is 0 Å². The second kappa shape index (κ2) is 5.60. The monoisotopic (exact) mass is 228 g/mol. The van der Waals surface area contributed by atoms with E-state index in [-0.39, 0.29) is 11.6 Å². The zero-order valence-corrected chi connectivity index (χ0v) is 9.07. The molecule has 0 saturated heterocycles. The largest absolute Gasteiger partial charge is 0.411 e. The van der Waals surface area contributed by atoms with Gasteiger partial charge in [-0.15, -0.1) is 12.6 Å². The van der Waals surface area contributed by atoms with Crippen LogP contribution in [0.15, 0.2) is 4.99 Å². The standard InChI is InChI=1S/C8H15F3N2S/c1-3-5(2)7(8(9,10)11)13-6(14)4-12/h5,7H,3-4,12H2,1-2H3,(H,13,14). The molecule has 0 radical (unpaired) electrons. The van der Waals surface area contributed by atoms with Crippen LogP contribution in [0.3, 0.4) is 0 Å². The number of thiol groups is 1. The Balaban J connectivity index is 4.74. The molecule has 2 N–H and O–H groups in total. The second-order valence-electron chi connectivity index (χ2n) is 3.12. The van der Waals surface area contributed by atoms with Crippen LogP contribution in [0.2, 0.25) is 0 Å². The van der Waals surface area contributed by atoms with Crippen molar-refractivity contribution in [2.45, 2.75) is 32.5 Å². The van der Waals surface area contributed by atoms with Gasteiger partial charge in [0, 0.05) is 6.54 Å². The first-order valence-corrected chi connectivity index (χ1v) is 4.80. The van der Waals surface area contributed by atoms with Gasteiger partial charge in [0.1, 0.15) is 6.04 Å². The lowest BCUT2D eigenvalue weighted by molar-refractivity contribution is -0.156. The number of nitrogens with zero attached hydrogens (tertiary/aromatic N) is 1. The lowest BCUT2D eigenvalue weighted by Crippen LogP contribution is -2.34. The van der Waals surface area contributed by atoms with Crippen molar-refractivity contribution in [3.05, 3.63) is 0 Å². The SMILES string of the molecule is CCC(C)C(/N=C(\S)CN)C(F)(F)F. The van der Waals surface area contributed by atoms with Crippen LogP contribution in [0.4, 0.5) is 13.2 Å². The zero-order chi connectivity index (χ0) is 11.4. The van der Waals surface area contributed by atoms with Crippen molar-refractivity contribution >= 4 is 17.7 Å². The molecule has 2 nitrogen and oxygen atoms in total. The van der Waals surface area contributed by atoms with Crippen molar-refractivity contribution in [3.8, 4) is 0 Å². The Hall–Kier alpha value is -0.230. The quantitative estimate of drug-likeness (QED) is 0.432. The fourth-order valence-electron chi connectivity index (χ4n) is 0.960. The Morgan fingerprint density at radius 2 is 2.00 bits per heavy atom. The number of aliphatic imine (C=N–C) groups is 1. The molecule has 0 aliphatic rings. The third kappa shape index (κ3) is 4.32. The number of hydrogen-bond acceptors (Lipinski definition) is 2. The highest BCUT2D eigenvalue weighted by molar-refractivity contribution is 7.97. The molecule has 0 saturated carbocycles. The minimum atomic E-state index is -4.32. The van der Waals surface area contributed by atoms with Crippen LogP contribution in [0, 0.1) is 5.92 Å². The molecule has 0 heterocycles. The molecule has 0 bridgehead atoms. The van der Waals surface area contributed by atoms with Gasteiger partial charge in [-0.05, 0) is 5.92 Å². The minimum absolute atomic E-state index is 0.0348. The fraction of sp³-hybridized carbons (Fsp3) is 0.875. The smallest absolute Gasteiger partial charge is 0.325 e. The highest BCUT2D eigenvalue weighted by atomic mass is 32.1. The van der Waals surface area contributed by atoms with E-state index in [2.05, 4.69) is 17.6 Å². The molecule has 2 unspecified atom stereocenters. The van der Waals surface area contributed by atoms with Gasteiger partial charge in [0.25, 0.3) is 0 Å². The molecule has 0 aliphatic carbocycles. The molecule has 0 aromatic rings. The summed E-state index contributed by atoms with van der Waals surface area (Å²) < 4.78 is 37.4. The van der Waals surface area contributed by atoms with Gasteiger partial charge in [0.05, 0.1) is 5.04 Å². The molecule has 0 fully saturated rings. The summed E-state index contributed by atoms with van der Waals surface area (Å²) in [6.07, 6.45) is -3.90. The molecule has 2 atom stereocenters. The third-order valence-corrected chi connectivity index (χ3v) is 2.29. The first-order valence-electron chi connectivity index (χ1n) is 4.35. The van der Waals surface area contributed by atoms with Gasteiger partial charge in [0.15, 0.2) is 0 Å². The van der Waals surface area contributed by atoms with E-state index in [0.717, 1.165) is 0 Å². The van der Waals surface area contributed by atoms with E-state index in [1.54, 1.807) is 6.92 Å². The Morgan fingerprint density at radius 3 is 2.29 bits per heavy atom. The molecule has 14 heavy (non-hydrogen) atoms. The summed E-state index contributed by atoms with van der Waals surface area (Å²) >= 11 is 3.76. The highest BCUT2D eigenvalue weighted by Gasteiger charge is 2.42. The van der Waals surface area contributed by atoms with Crippen molar-refractivity contribution < 1.29 is 13.2 Å². The van der Waals surface area contributed by atoms with E-state index in [0.29, 0.717) is 6.42 Å². The summed E-state index contributed by atoms with van der Waals surface area (Å²) in [4.78, 5) is 3.47. The van der Waals surface area contributed by atoms with Gasteiger partial charge in [-0.1, -0.05) is 20.3 Å². The summed E-state index contributed by atoms with van der Waals surface area (Å²) in [6.45, 7) is 3.14. The predicted molar refractivity (Wildman–Crippen MR) is 54.8 cm³/mol. The van der Waals surface area contributed by atoms with Crippen LogP contribution in [0.1, 0.15) is 20.3 Å². The highest BCUT2D eigenvalue weighted by Crippen LogP contribution is 2.30. The van der Waals surface area contributed by atoms with E-state index in [1.165, 1.54) is 6.92 Å². The average Bonchev–Trinajstić information content (AvgIpc) is 2.10. The molecule has 6 heteroatoms. The van der Waals surface area contributed by atoms with Crippen LogP contribution in [-0.4, -0.2) is 23.8 Å². The molecular formula is C8H15F3N2S. The van der Waals surface area contributed by atoms with Crippen LogP contribution in [0.25, 0.3) is 0 Å². The van der Waals surface area contributed by atoms with Gasteiger partial charge in [-0.3, -0.25) is 4.99 Å². The average molecular weight is 228 g/mol. The molecule has 0 aromatic heterocycles.